The molecule has 0 radical (unpaired) electrons. The van der Waals surface area contributed by atoms with E-state index in [2.05, 4.69) is 0 Å². The van der Waals surface area contributed by atoms with Gasteiger partial charge < -0.3 is 0 Å². The third-order valence-electron chi connectivity index (χ3n) is 2.56. The first-order valence-corrected chi connectivity index (χ1v) is 6.42. The fraction of sp³-hybridized carbons (Fsp3) is 1.00. The fourth-order valence-electron chi connectivity index (χ4n) is 2.11. The van der Waals surface area contributed by atoms with E-state index in [0.29, 0.717) is 0 Å². The van der Waals surface area contributed by atoms with E-state index in [4.69, 9.17) is 0 Å². The molecule has 0 aliphatic carbocycles. The summed E-state index contributed by atoms with van der Waals surface area (Å²) in [5.41, 5.74) is -0.743. The second kappa shape index (κ2) is 3.17. The van der Waals surface area contributed by atoms with Gasteiger partial charge in [0.1, 0.15) is 0 Å². The van der Waals surface area contributed by atoms with Crippen LogP contribution in [-0.2, 0) is 0 Å². The van der Waals surface area contributed by atoms with Gasteiger partial charge in [-0.1, -0.05) is 0 Å². The van der Waals surface area contributed by atoms with Gasteiger partial charge in [0.05, 0.1) is 0 Å². The van der Waals surface area contributed by atoms with Gasteiger partial charge in [-0.15, -0.1) is 0 Å². The van der Waals surface area contributed by atoms with Gasteiger partial charge >= 0.3 is 91.6 Å². The van der Waals surface area contributed by atoms with Gasteiger partial charge in [-0.05, 0) is 0 Å². The van der Waals surface area contributed by atoms with Crippen LogP contribution in [0.2, 0.25) is 0 Å². The second-order valence-corrected chi connectivity index (χ2v) is 9.73. The van der Waals surface area contributed by atoms with Crippen molar-refractivity contribution in [1.82, 2.24) is 10.1 Å². The molecule has 1 saturated heterocycles. The molecule has 0 aromatic carbocycles. The van der Waals surface area contributed by atoms with Gasteiger partial charge in [0, 0.05) is 0 Å². The molecule has 0 atom stereocenters. The predicted octanol–water partition coefficient (Wildman–Crippen LogP) is 1.29. The minimum absolute atomic E-state index is 0.0962. The van der Waals surface area contributed by atoms with Crippen LogP contribution in [0.5, 0.6) is 0 Å². The maximum absolute atomic E-state index is 10.0. The van der Waals surface area contributed by atoms with E-state index >= 15 is 0 Å². The zero-order chi connectivity index (χ0) is 11.4. The summed E-state index contributed by atoms with van der Waals surface area (Å²) in [7, 11) is 0. The average Bonchev–Trinajstić information content (AvgIpc) is 1.97. The topological polar surface area (TPSA) is 46.9 Å². The van der Waals surface area contributed by atoms with Crippen molar-refractivity contribution in [2.24, 2.45) is 0 Å². The number of hydrogen-bond acceptors (Lipinski definition) is 4. The normalized spacial score (nSPS) is 31.7. The number of hydrogen-bond donors (Lipinski definition) is 2. The van der Waals surface area contributed by atoms with Crippen molar-refractivity contribution in [2.45, 2.75) is 56.1 Å². The van der Waals surface area contributed by atoms with Crippen LogP contribution in [0.1, 0.15) is 41.5 Å². The van der Waals surface area contributed by atoms with E-state index in [1.54, 1.807) is 0 Å². The molecule has 1 aliphatic heterocycles. The summed E-state index contributed by atoms with van der Waals surface area (Å²) in [4.78, 5) is 0. The number of nitrogens with zero attached hydrogens (tertiary/aromatic N) is 2. The van der Waals surface area contributed by atoms with E-state index in [-0.39, 0.29) is 23.8 Å². The molecular formula is C9H20N2O2Se. The summed E-state index contributed by atoms with van der Waals surface area (Å²) >= 11 is 0.0962. The Hall–Kier alpha value is 0.359. The van der Waals surface area contributed by atoms with E-state index in [0.717, 1.165) is 0 Å². The van der Waals surface area contributed by atoms with E-state index in [9.17, 15) is 10.4 Å². The summed E-state index contributed by atoms with van der Waals surface area (Å²) in [5, 5.41) is 22.5. The number of hydroxylamine groups is 4. The first kappa shape index (κ1) is 12.4. The quantitative estimate of drug-likeness (QED) is 0.649. The van der Waals surface area contributed by atoms with Crippen LogP contribution in [0.25, 0.3) is 0 Å². The van der Waals surface area contributed by atoms with Gasteiger partial charge in [-0.2, -0.15) is 0 Å². The molecule has 84 valence electrons. The Balaban J connectivity index is 3.10. The molecule has 0 spiro atoms. The monoisotopic (exact) mass is 268 g/mol. The van der Waals surface area contributed by atoms with Crippen LogP contribution < -0.4 is 0 Å². The molecule has 0 amide bonds. The Morgan fingerprint density at radius 1 is 0.786 bits per heavy atom. The zero-order valence-electron chi connectivity index (χ0n) is 9.70. The maximum atomic E-state index is 10.0. The summed E-state index contributed by atoms with van der Waals surface area (Å²) in [5.74, 6) is 0. The third-order valence-corrected chi connectivity index (χ3v) is 5.38. The molecule has 0 unspecified atom stereocenters. The Bertz CT molecular complexity index is 219. The van der Waals surface area contributed by atoms with Crippen molar-refractivity contribution in [1.29, 1.82) is 0 Å². The Morgan fingerprint density at radius 3 is 1.36 bits per heavy atom. The summed E-state index contributed by atoms with van der Waals surface area (Å²) in [6.07, 6.45) is 0. The molecule has 0 aromatic rings. The molecule has 1 aliphatic rings. The van der Waals surface area contributed by atoms with Gasteiger partial charge in [0.25, 0.3) is 0 Å². The SMILES string of the molecule is CC1(C)[Se]C(C)(C)N(O)C(C)(C)N1O. The Labute approximate surface area is 91.9 Å². The predicted molar refractivity (Wildman–Crippen MR) is 55.2 cm³/mol. The van der Waals surface area contributed by atoms with Crippen LogP contribution in [0.4, 0.5) is 0 Å². The zero-order valence-corrected chi connectivity index (χ0v) is 11.4. The van der Waals surface area contributed by atoms with E-state index < -0.39 is 5.66 Å². The molecule has 5 heteroatoms. The summed E-state index contributed by atoms with van der Waals surface area (Å²) in [6, 6.07) is 0. The molecule has 1 rings (SSSR count). The van der Waals surface area contributed by atoms with E-state index in [1.807, 2.05) is 41.5 Å². The van der Waals surface area contributed by atoms with Crippen molar-refractivity contribution in [3.05, 3.63) is 0 Å². The molecule has 2 N–H and O–H groups in total. The van der Waals surface area contributed by atoms with Crippen LogP contribution in [-0.4, -0.2) is 50.0 Å². The van der Waals surface area contributed by atoms with Crippen LogP contribution in [0.15, 0.2) is 0 Å². The van der Waals surface area contributed by atoms with Gasteiger partial charge in [0.2, 0.25) is 0 Å². The fourth-order valence-corrected chi connectivity index (χ4v) is 5.97. The van der Waals surface area contributed by atoms with E-state index in [1.165, 1.54) is 10.1 Å². The molecule has 1 fully saturated rings. The van der Waals surface area contributed by atoms with Crippen molar-refractivity contribution < 1.29 is 10.4 Å². The standard InChI is InChI=1S/C9H20N2O2Se/c1-7(2)10(12)8(3,4)14-9(5,6)11(7)13/h12-13H,1-6H3. The Morgan fingerprint density at radius 2 is 1.07 bits per heavy atom. The first-order valence-electron chi connectivity index (χ1n) is 4.70. The van der Waals surface area contributed by atoms with Crippen molar-refractivity contribution in [2.75, 3.05) is 0 Å². The van der Waals surface area contributed by atoms with Crippen LogP contribution in [0.3, 0.4) is 0 Å². The third kappa shape index (κ3) is 1.73. The molecule has 0 aromatic heterocycles. The molecule has 0 saturated carbocycles. The van der Waals surface area contributed by atoms with Crippen LogP contribution in [0, 0.1) is 0 Å². The summed E-state index contributed by atoms with van der Waals surface area (Å²) < 4.78 is -0.529. The minimum atomic E-state index is -0.743. The molecule has 4 nitrogen and oxygen atoms in total. The summed E-state index contributed by atoms with van der Waals surface area (Å²) in [6.45, 7) is 11.6. The van der Waals surface area contributed by atoms with Gasteiger partial charge in [0.15, 0.2) is 0 Å². The first-order chi connectivity index (χ1) is 6.02. The molecule has 0 bridgehead atoms. The van der Waals surface area contributed by atoms with Crippen molar-refractivity contribution in [3.8, 4) is 0 Å². The van der Waals surface area contributed by atoms with Gasteiger partial charge in [-0.3, -0.25) is 0 Å². The second-order valence-electron chi connectivity index (χ2n) is 5.11. The van der Waals surface area contributed by atoms with Crippen LogP contribution >= 0.6 is 0 Å². The molecule has 1 heterocycles. The molecular weight excluding hydrogens is 247 g/mol. The van der Waals surface area contributed by atoms with Gasteiger partial charge in [-0.25, -0.2) is 0 Å². The average molecular weight is 267 g/mol. The van der Waals surface area contributed by atoms with Crippen molar-refractivity contribution in [3.63, 3.8) is 0 Å². The van der Waals surface area contributed by atoms with Crippen molar-refractivity contribution >= 4 is 15.0 Å². The molecule has 14 heavy (non-hydrogen) atoms. The number of rotatable bonds is 0. The Kier molecular flexibility index (Phi) is 2.82.